The van der Waals surface area contributed by atoms with Crippen molar-refractivity contribution in [2.75, 3.05) is 12.3 Å². The summed E-state index contributed by atoms with van der Waals surface area (Å²) in [6.07, 6.45) is 0.777. The number of carboxylic acid groups (broad SMARTS) is 1. The van der Waals surface area contributed by atoms with Crippen LogP contribution < -0.4 is 5.32 Å². The molecule has 0 aliphatic carbocycles. The fraction of sp³-hybridized carbons (Fsp3) is 0.385. The number of rotatable bonds is 7. The molecule has 2 atom stereocenters. The second-order valence-corrected chi connectivity index (χ2v) is 5.53. The topological polar surface area (TPSA) is 83.5 Å². The standard InChI is InChI=1S/C13H17NO4S/c1-2-8-14-11(15)9-19(18)12(13(16)17)10-6-4-3-5-7-10/h3-7,12H,2,8-9H2,1H3,(H,14,15)(H,16,17). The maximum atomic E-state index is 12.0. The third-order valence-electron chi connectivity index (χ3n) is 2.44. The number of hydrogen-bond donors (Lipinski definition) is 2. The van der Waals surface area contributed by atoms with Crippen molar-refractivity contribution in [3.05, 3.63) is 35.9 Å². The monoisotopic (exact) mass is 283 g/mol. The van der Waals surface area contributed by atoms with Crippen molar-refractivity contribution in [3.63, 3.8) is 0 Å². The molecular weight excluding hydrogens is 266 g/mol. The highest BCUT2D eigenvalue weighted by atomic mass is 32.2. The van der Waals surface area contributed by atoms with E-state index in [1.807, 2.05) is 6.92 Å². The van der Waals surface area contributed by atoms with Gasteiger partial charge >= 0.3 is 5.97 Å². The van der Waals surface area contributed by atoms with E-state index in [4.69, 9.17) is 5.11 Å². The van der Waals surface area contributed by atoms with Crippen molar-refractivity contribution in [1.82, 2.24) is 5.32 Å². The molecule has 0 aromatic heterocycles. The molecule has 2 unspecified atom stereocenters. The van der Waals surface area contributed by atoms with Crippen molar-refractivity contribution in [1.29, 1.82) is 0 Å². The SMILES string of the molecule is CCCNC(=O)CS(=O)C(C(=O)O)c1ccccc1. The van der Waals surface area contributed by atoms with Crippen LogP contribution >= 0.6 is 0 Å². The van der Waals surface area contributed by atoms with E-state index in [0.29, 0.717) is 12.1 Å². The Balaban J connectivity index is 2.75. The number of amides is 1. The lowest BCUT2D eigenvalue weighted by Gasteiger charge is -2.12. The Morgan fingerprint density at radius 1 is 1.32 bits per heavy atom. The fourth-order valence-corrected chi connectivity index (χ4v) is 2.78. The highest BCUT2D eigenvalue weighted by Crippen LogP contribution is 2.20. The number of nitrogens with one attached hydrogen (secondary N) is 1. The molecule has 1 aromatic carbocycles. The quantitative estimate of drug-likeness (QED) is 0.784. The summed E-state index contributed by atoms with van der Waals surface area (Å²) in [5.41, 5.74) is 0.441. The normalized spacial score (nSPS) is 13.5. The van der Waals surface area contributed by atoms with E-state index in [1.165, 1.54) is 0 Å². The Hall–Kier alpha value is -1.69. The highest BCUT2D eigenvalue weighted by Gasteiger charge is 2.27. The third-order valence-corrected chi connectivity index (χ3v) is 3.98. The maximum Gasteiger partial charge on any atom is 0.323 e. The molecule has 0 saturated heterocycles. The van der Waals surface area contributed by atoms with Gasteiger partial charge in [0.25, 0.3) is 0 Å². The third kappa shape index (κ3) is 4.82. The van der Waals surface area contributed by atoms with Crippen LogP contribution in [0.4, 0.5) is 0 Å². The lowest BCUT2D eigenvalue weighted by atomic mass is 10.1. The molecule has 0 saturated carbocycles. The first kappa shape index (κ1) is 15.4. The minimum absolute atomic E-state index is 0.300. The molecular formula is C13H17NO4S. The van der Waals surface area contributed by atoms with Gasteiger partial charge in [0.05, 0.1) is 0 Å². The van der Waals surface area contributed by atoms with Gasteiger partial charge in [0, 0.05) is 17.3 Å². The first-order chi connectivity index (χ1) is 9.06. The summed E-state index contributed by atoms with van der Waals surface area (Å²) < 4.78 is 12.0. The molecule has 0 fully saturated rings. The van der Waals surface area contributed by atoms with Gasteiger partial charge in [0.2, 0.25) is 5.91 Å². The minimum atomic E-state index is -1.78. The summed E-state index contributed by atoms with van der Waals surface area (Å²) in [7, 11) is -1.78. The number of carbonyl (C=O) groups excluding carboxylic acids is 1. The predicted molar refractivity (Wildman–Crippen MR) is 73.1 cm³/mol. The van der Waals surface area contributed by atoms with Crippen LogP contribution in [0.2, 0.25) is 0 Å². The molecule has 0 aliphatic heterocycles. The Bertz CT molecular complexity index is 461. The van der Waals surface area contributed by atoms with Gasteiger partial charge in [-0.2, -0.15) is 0 Å². The van der Waals surface area contributed by atoms with E-state index in [0.717, 1.165) is 6.42 Å². The maximum absolute atomic E-state index is 12.0. The Morgan fingerprint density at radius 3 is 2.47 bits per heavy atom. The van der Waals surface area contributed by atoms with Crippen LogP contribution in [0.25, 0.3) is 0 Å². The molecule has 104 valence electrons. The van der Waals surface area contributed by atoms with Crippen LogP contribution in [-0.4, -0.2) is 33.5 Å². The van der Waals surface area contributed by atoms with E-state index in [9.17, 15) is 13.8 Å². The number of hydrogen-bond acceptors (Lipinski definition) is 3. The Kier molecular flexibility index (Phi) is 6.21. The van der Waals surface area contributed by atoms with Crippen LogP contribution in [0.1, 0.15) is 24.2 Å². The lowest BCUT2D eigenvalue weighted by Crippen LogP contribution is -2.31. The first-order valence-electron chi connectivity index (χ1n) is 5.98. The van der Waals surface area contributed by atoms with Crippen molar-refractivity contribution < 1.29 is 18.9 Å². The van der Waals surface area contributed by atoms with Gasteiger partial charge in [-0.1, -0.05) is 37.3 Å². The summed E-state index contributed by atoms with van der Waals surface area (Å²) in [4.78, 5) is 22.7. The summed E-state index contributed by atoms with van der Waals surface area (Å²) in [5, 5.41) is 10.6. The molecule has 2 N–H and O–H groups in total. The largest absolute Gasteiger partial charge is 0.480 e. The van der Waals surface area contributed by atoms with E-state index in [-0.39, 0.29) is 11.7 Å². The lowest BCUT2D eigenvalue weighted by molar-refractivity contribution is -0.136. The Morgan fingerprint density at radius 2 is 1.95 bits per heavy atom. The van der Waals surface area contributed by atoms with E-state index >= 15 is 0 Å². The van der Waals surface area contributed by atoms with Gasteiger partial charge < -0.3 is 10.4 Å². The minimum Gasteiger partial charge on any atom is -0.480 e. The summed E-state index contributed by atoms with van der Waals surface area (Å²) in [5.74, 6) is -1.87. The van der Waals surface area contributed by atoms with Crippen molar-refractivity contribution >= 4 is 22.7 Å². The molecule has 0 radical (unpaired) electrons. The van der Waals surface area contributed by atoms with Gasteiger partial charge in [-0.25, -0.2) is 0 Å². The average molecular weight is 283 g/mol. The average Bonchev–Trinajstić information content (AvgIpc) is 2.37. The fourth-order valence-electron chi connectivity index (χ4n) is 1.56. The molecule has 6 heteroatoms. The van der Waals surface area contributed by atoms with Crippen molar-refractivity contribution in [2.24, 2.45) is 0 Å². The summed E-state index contributed by atoms with van der Waals surface area (Å²) in [6, 6.07) is 8.31. The van der Waals surface area contributed by atoms with Crippen LogP contribution in [0.3, 0.4) is 0 Å². The molecule has 0 bridgehead atoms. The van der Waals surface area contributed by atoms with Gasteiger partial charge in [0.15, 0.2) is 5.25 Å². The second kappa shape index (κ2) is 7.68. The van der Waals surface area contributed by atoms with Crippen molar-refractivity contribution in [3.8, 4) is 0 Å². The van der Waals surface area contributed by atoms with E-state index < -0.39 is 22.0 Å². The molecule has 1 amide bonds. The smallest absolute Gasteiger partial charge is 0.323 e. The predicted octanol–water partition coefficient (Wildman–Crippen LogP) is 1.09. The van der Waals surface area contributed by atoms with Crippen LogP contribution in [0, 0.1) is 0 Å². The highest BCUT2D eigenvalue weighted by molar-refractivity contribution is 7.86. The molecule has 0 aliphatic rings. The molecule has 1 aromatic rings. The molecule has 0 spiro atoms. The second-order valence-electron chi connectivity index (χ2n) is 4.00. The van der Waals surface area contributed by atoms with Gasteiger partial charge in [-0.15, -0.1) is 0 Å². The van der Waals surface area contributed by atoms with E-state index in [2.05, 4.69) is 5.32 Å². The first-order valence-corrected chi connectivity index (χ1v) is 7.36. The molecule has 1 rings (SSSR count). The number of carbonyl (C=O) groups is 2. The zero-order valence-corrected chi connectivity index (χ0v) is 11.5. The number of carboxylic acids is 1. The van der Waals surface area contributed by atoms with Crippen LogP contribution in [0.15, 0.2) is 30.3 Å². The van der Waals surface area contributed by atoms with Gasteiger partial charge in [-0.05, 0) is 12.0 Å². The molecule has 5 nitrogen and oxygen atoms in total. The number of benzene rings is 1. The summed E-state index contributed by atoms with van der Waals surface area (Å²) >= 11 is 0. The zero-order chi connectivity index (χ0) is 14.3. The number of aliphatic carboxylic acids is 1. The zero-order valence-electron chi connectivity index (χ0n) is 10.7. The van der Waals surface area contributed by atoms with Crippen LogP contribution in [-0.2, 0) is 20.4 Å². The summed E-state index contributed by atoms with van der Waals surface area (Å²) in [6.45, 7) is 2.40. The van der Waals surface area contributed by atoms with E-state index in [1.54, 1.807) is 30.3 Å². The Labute approximate surface area is 114 Å². The molecule has 19 heavy (non-hydrogen) atoms. The van der Waals surface area contributed by atoms with Crippen molar-refractivity contribution in [2.45, 2.75) is 18.6 Å². The van der Waals surface area contributed by atoms with Gasteiger partial charge in [-0.3, -0.25) is 13.8 Å². The molecule has 0 heterocycles. The van der Waals surface area contributed by atoms with Gasteiger partial charge in [0.1, 0.15) is 5.75 Å². The van der Waals surface area contributed by atoms with Crippen LogP contribution in [0.5, 0.6) is 0 Å².